The van der Waals surface area contributed by atoms with Gasteiger partial charge in [-0.05, 0) is 43.3 Å². The molecule has 2 aromatic rings. The molecule has 0 heterocycles. The van der Waals surface area contributed by atoms with Crippen molar-refractivity contribution in [3.8, 4) is 17.2 Å². The number of hydrogen-bond donors (Lipinski definition) is 2. The lowest BCUT2D eigenvalue weighted by Crippen LogP contribution is -2.37. The van der Waals surface area contributed by atoms with Gasteiger partial charge in [-0.3, -0.25) is 4.79 Å². The summed E-state index contributed by atoms with van der Waals surface area (Å²) < 4.78 is 11.1. The highest BCUT2D eigenvalue weighted by Gasteiger charge is 2.11. The van der Waals surface area contributed by atoms with Gasteiger partial charge in [-0.1, -0.05) is 18.2 Å². The molecule has 0 saturated heterocycles. The van der Waals surface area contributed by atoms with E-state index in [0.717, 1.165) is 5.69 Å². The minimum absolute atomic E-state index is 0.0794. The highest BCUT2D eigenvalue weighted by molar-refractivity contribution is 5.84. The van der Waals surface area contributed by atoms with Crippen LogP contribution in [0.15, 0.2) is 61.2 Å². The lowest BCUT2D eigenvalue weighted by Gasteiger charge is -2.15. The third-order valence-corrected chi connectivity index (χ3v) is 3.35. The van der Waals surface area contributed by atoms with E-state index < -0.39 is 0 Å². The van der Waals surface area contributed by atoms with E-state index in [1.165, 1.54) is 0 Å². The van der Waals surface area contributed by atoms with Crippen LogP contribution in [0.5, 0.6) is 17.2 Å². The zero-order valence-corrected chi connectivity index (χ0v) is 13.9. The third-order valence-electron chi connectivity index (χ3n) is 3.35. The van der Waals surface area contributed by atoms with Gasteiger partial charge in [-0.15, -0.1) is 6.58 Å². The standard InChI is InChI=1S/C19H22N2O3/c1-4-13-20-19(22)14(2)21-15-9-11-16(12-10-15)24-18-8-6-5-7-17(18)23-3/h4-12,14,21H,1,13H2,2-3H3,(H,20,22). The Bertz CT molecular complexity index is 683. The van der Waals surface area contributed by atoms with Crippen molar-refractivity contribution in [2.45, 2.75) is 13.0 Å². The molecule has 0 aliphatic heterocycles. The zero-order valence-electron chi connectivity index (χ0n) is 13.9. The Morgan fingerprint density at radius 1 is 1.17 bits per heavy atom. The number of carbonyl (C=O) groups is 1. The minimum atomic E-state index is -0.342. The summed E-state index contributed by atoms with van der Waals surface area (Å²) in [6.07, 6.45) is 1.65. The first-order valence-electron chi connectivity index (χ1n) is 7.70. The van der Waals surface area contributed by atoms with Crippen molar-refractivity contribution in [3.05, 3.63) is 61.2 Å². The summed E-state index contributed by atoms with van der Waals surface area (Å²) in [5.41, 5.74) is 0.837. The monoisotopic (exact) mass is 326 g/mol. The lowest BCUT2D eigenvalue weighted by molar-refractivity contribution is -0.121. The van der Waals surface area contributed by atoms with Crippen molar-refractivity contribution >= 4 is 11.6 Å². The molecule has 2 aromatic carbocycles. The third kappa shape index (κ3) is 4.78. The summed E-state index contributed by atoms with van der Waals surface area (Å²) in [7, 11) is 1.61. The quantitative estimate of drug-likeness (QED) is 0.728. The summed E-state index contributed by atoms with van der Waals surface area (Å²) in [6.45, 7) is 5.83. The Morgan fingerprint density at radius 3 is 2.46 bits per heavy atom. The second-order valence-corrected chi connectivity index (χ2v) is 5.18. The van der Waals surface area contributed by atoms with Gasteiger partial charge in [0.1, 0.15) is 11.8 Å². The molecule has 0 saturated carbocycles. The number of ether oxygens (including phenoxy) is 2. The second-order valence-electron chi connectivity index (χ2n) is 5.18. The van der Waals surface area contributed by atoms with Crippen LogP contribution in [0.3, 0.4) is 0 Å². The molecule has 0 aromatic heterocycles. The average molecular weight is 326 g/mol. The molecule has 24 heavy (non-hydrogen) atoms. The molecule has 126 valence electrons. The molecule has 1 unspecified atom stereocenters. The van der Waals surface area contributed by atoms with E-state index in [1.54, 1.807) is 20.1 Å². The predicted molar refractivity (Wildman–Crippen MR) is 95.8 cm³/mol. The highest BCUT2D eigenvalue weighted by atomic mass is 16.5. The van der Waals surface area contributed by atoms with Crippen LogP contribution in [-0.2, 0) is 4.79 Å². The molecule has 2 N–H and O–H groups in total. The Kier molecular flexibility index (Phi) is 6.25. The van der Waals surface area contributed by atoms with Crippen molar-refractivity contribution in [1.29, 1.82) is 0 Å². The van der Waals surface area contributed by atoms with Crippen LogP contribution < -0.4 is 20.1 Å². The Hall–Kier alpha value is -2.95. The molecule has 0 fully saturated rings. The number of methoxy groups -OCH3 is 1. The van der Waals surface area contributed by atoms with Gasteiger partial charge < -0.3 is 20.1 Å². The van der Waals surface area contributed by atoms with E-state index in [4.69, 9.17) is 9.47 Å². The summed E-state index contributed by atoms with van der Waals surface area (Å²) in [5, 5.41) is 5.89. The van der Waals surface area contributed by atoms with Gasteiger partial charge in [-0.25, -0.2) is 0 Å². The van der Waals surface area contributed by atoms with E-state index in [9.17, 15) is 4.79 Å². The fraction of sp³-hybridized carbons (Fsp3) is 0.211. The average Bonchev–Trinajstić information content (AvgIpc) is 2.61. The van der Waals surface area contributed by atoms with Gasteiger partial charge in [-0.2, -0.15) is 0 Å². The molecule has 5 nitrogen and oxygen atoms in total. The molecule has 0 spiro atoms. The van der Waals surface area contributed by atoms with Crippen molar-refractivity contribution in [2.75, 3.05) is 19.0 Å². The summed E-state index contributed by atoms with van der Waals surface area (Å²) in [6, 6.07) is 14.5. The Balaban J connectivity index is 1.97. The Morgan fingerprint density at radius 2 is 1.83 bits per heavy atom. The number of nitrogens with one attached hydrogen (secondary N) is 2. The van der Waals surface area contributed by atoms with Gasteiger partial charge in [0.05, 0.1) is 7.11 Å². The molecule has 1 atom stereocenters. The first-order valence-corrected chi connectivity index (χ1v) is 7.70. The van der Waals surface area contributed by atoms with E-state index >= 15 is 0 Å². The largest absolute Gasteiger partial charge is 0.493 e. The van der Waals surface area contributed by atoms with E-state index in [-0.39, 0.29) is 11.9 Å². The number of benzene rings is 2. The molecule has 5 heteroatoms. The number of para-hydroxylation sites is 2. The van der Waals surface area contributed by atoms with Crippen molar-refractivity contribution < 1.29 is 14.3 Å². The fourth-order valence-electron chi connectivity index (χ4n) is 2.09. The fourth-order valence-corrected chi connectivity index (χ4v) is 2.09. The van der Waals surface area contributed by atoms with Gasteiger partial charge in [0.25, 0.3) is 0 Å². The number of carbonyl (C=O) groups excluding carboxylic acids is 1. The first kappa shape index (κ1) is 17.4. The van der Waals surface area contributed by atoms with Crippen molar-refractivity contribution in [1.82, 2.24) is 5.32 Å². The normalized spacial score (nSPS) is 11.2. The molecular weight excluding hydrogens is 304 g/mol. The van der Waals surface area contributed by atoms with Crippen molar-refractivity contribution in [2.24, 2.45) is 0 Å². The number of anilines is 1. The molecule has 0 radical (unpaired) electrons. The number of rotatable bonds is 8. The molecule has 0 aliphatic carbocycles. The van der Waals surface area contributed by atoms with E-state index in [0.29, 0.717) is 23.8 Å². The maximum atomic E-state index is 11.8. The minimum Gasteiger partial charge on any atom is -0.493 e. The van der Waals surface area contributed by atoms with Crippen LogP contribution in [0, 0.1) is 0 Å². The maximum absolute atomic E-state index is 11.8. The van der Waals surface area contributed by atoms with Crippen LogP contribution in [0.25, 0.3) is 0 Å². The van der Waals surface area contributed by atoms with Crippen molar-refractivity contribution in [3.63, 3.8) is 0 Å². The van der Waals surface area contributed by atoms with Gasteiger partial charge in [0.15, 0.2) is 11.5 Å². The summed E-state index contributed by atoms with van der Waals surface area (Å²) in [5.74, 6) is 1.93. The molecule has 2 rings (SSSR count). The highest BCUT2D eigenvalue weighted by Crippen LogP contribution is 2.31. The molecular formula is C19H22N2O3. The summed E-state index contributed by atoms with van der Waals surface area (Å²) in [4.78, 5) is 11.8. The Labute approximate surface area is 142 Å². The lowest BCUT2D eigenvalue weighted by atomic mass is 10.2. The number of amides is 1. The van der Waals surface area contributed by atoms with Crippen LogP contribution in [0.2, 0.25) is 0 Å². The molecule has 1 amide bonds. The maximum Gasteiger partial charge on any atom is 0.242 e. The van der Waals surface area contributed by atoms with Crippen LogP contribution >= 0.6 is 0 Å². The second kappa shape index (κ2) is 8.62. The van der Waals surface area contributed by atoms with Crippen LogP contribution in [-0.4, -0.2) is 25.6 Å². The number of hydrogen-bond acceptors (Lipinski definition) is 4. The van der Waals surface area contributed by atoms with Crippen LogP contribution in [0.1, 0.15) is 6.92 Å². The van der Waals surface area contributed by atoms with E-state index in [1.807, 2.05) is 48.5 Å². The van der Waals surface area contributed by atoms with E-state index in [2.05, 4.69) is 17.2 Å². The van der Waals surface area contributed by atoms with Gasteiger partial charge in [0.2, 0.25) is 5.91 Å². The SMILES string of the molecule is C=CCNC(=O)C(C)Nc1ccc(Oc2ccccc2OC)cc1. The molecule has 0 bridgehead atoms. The van der Waals surface area contributed by atoms with Gasteiger partial charge >= 0.3 is 0 Å². The zero-order chi connectivity index (χ0) is 17.4. The molecule has 0 aliphatic rings. The topological polar surface area (TPSA) is 59.6 Å². The summed E-state index contributed by atoms with van der Waals surface area (Å²) >= 11 is 0. The van der Waals surface area contributed by atoms with Crippen LogP contribution in [0.4, 0.5) is 5.69 Å². The van der Waals surface area contributed by atoms with Gasteiger partial charge in [0, 0.05) is 12.2 Å². The smallest absolute Gasteiger partial charge is 0.242 e. The predicted octanol–water partition coefficient (Wildman–Crippen LogP) is 3.59. The first-order chi connectivity index (χ1) is 11.6.